The lowest BCUT2D eigenvalue weighted by atomic mass is 9.87. The van der Waals surface area contributed by atoms with Crippen LogP contribution in [0.5, 0.6) is 17.2 Å². The van der Waals surface area contributed by atoms with E-state index in [1.165, 1.54) is 31.2 Å². The van der Waals surface area contributed by atoms with Gasteiger partial charge >= 0.3 is 0 Å². The topological polar surface area (TPSA) is 124 Å². The van der Waals surface area contributed by atoms with Gasteiger partial charge < -0.3 is 35.2 Å². The zero-order valence-corrected chi connectivity index (χ0v) is 29.0. The van der Waals surface area contributed by atoms with Gasteiger partial charge in [0.25, 0.3) is 5.91 Å². The number of ether oxygens (including phenoxy) is 2. The third-order valence-electron chi connectivity index (χ3n) is 10.3. The molecule has 1 atom stereocenters. The molecule has 10 heteroatoms. The summed E-state index contributed by atoms with van der Waals surface area (Å²) in [7, 11) is 0. The number of nitrogens with one attached hydrogen (secondary N) is 2. The molecule has 1 aliphatic carbocycles. The van der Waals surface area contributed by atoms with Gasteiger partial charge in [0.15, 0.2) is 12.4 Å². The summed E-state index contributed by atoms with van der Waals surface area (Å²) in [4.78, 5) is 29.5. The van der Waals surface area contributed by atoms with Crippen molar-refractivity contribution in [2.75, 3.05) is 57.9 Å². The van der Waals surface area contributed by atoms with E-state index in [0.717, 1.165) is 62.4 Å². The molecule has 2 amide bonds. The predicted octanol–water partition coefficient (Wildman–Crippen LogP) is 5.35. The summed E-state index contributed by atoms with van der Waals surface area (Å²) < 4.78 is 11.5. The van der Waals surface area contributed by atoms with Gasteiger partial charge in [-0.15, -0.1) is 0 Å². The number of aromatic hydroxyl groups is 2. The van der Waals surface area contributed by atoms with Crippen molar-refractivity contribution in [3.8, 4) is 17.2 Å². The summed E-state index contributed by atoms with van der Waals surface area (Å²) in [6.45, 7) is 9.31. The van der Waals surface area contributed by atoms with Crippen LogP contribution in [-0.4, -0.2) is 96.5 Å². The van der Waals surface area contributed by atoms with Crippen LogP contribution < -0.4 is 15.4 Å². The third kappa shape index (κ3) is 9.64. The van der Waals surface area contributed by atoms with E-state index < -0.39 is 0 Å². The molecule has 2 aliphatic heterocycles. The Hall–Kier alpha value is -3.34. The highest BCUT2D eigenvalue weighted by atomic mass is 16.5. The highest BCUT2D eigenvalue weighted by molar-refractivity contribution is 5.97. The van der Waals surface area contributed by atoms with E-state index >= 15 is 0 Å². The molecule has 2 aromatic carbocycles. The van der Waals surface area contributed by atoms with Crippen molar-refractivity contribution in [1.29, 1.82) is 0 Å². The molecular formula is C38H56N4O6. The fraction of sp³-hybridized carbons (Fsp3) is 0.632. The first-order valence-corrected chi connectivity index (χ1v) is 18.2. The van der Waals surface area contributed by atoms with Crippen LogP contribution in [0.3, 0.4) is 0 Å². The molecule has 0 spiro atoms. The molecule has 1 unspecified atom stereocenters. The Balaban J connectivity index is 1.00. The van der Waals surface area contributed by atoms with Crippen molar-refractivity contribution < 1.29 is 29.3 Å². The molecule has 1 saturated heterocycles. The number of rotatable bonds is 19. The first kappa shape index (κ1) is 36.0. The minimum absolute atomic E-state index is 0.00480. The molecule has 3 aliphatic rings. The van der Waals surface area contributed by atoms with Gasteiger partial charge in [0, 0.05) is 50.8 Å². The Morgan fingerprint density at radius 2 is 1.88 bits per heavy atom. The van der Waals surface area contributed by atoms with E-state index in [1.807, 2.05) is 23.1 Å². The number of unbranched alkanes of at least 4 members (excludes halogenated alkanes) is 1. The number of hydrogen-bond acceptors (Lipinski definition) is 8. The van der Waals surface area contributed by atoms with E-state index in [0.29, 0.717) is 68.8 Å². The van der Waals surface area contributed by atoms with Gasteiger partial charge in [-0.25, -0.2) is 0 Å². The summed E-state index contributed by atoms with van der Waals surface area (Å²) >= 11 is 0. The molecule has 10 nitrogen and oxygen atoms in total. The SMILES string of the molecule is CCCCC(C)N(CCNCCc1ccc(O)c2c1OCC(=O)N2)C(=O)CCOCCCc1ccc(O)c(C2CN(C3CCCC3)C2)c1. The summed E-state index contributed by atoms with van der Waals surface area (Å²) in [5.74, 6) is 1.20. The van der Waals surface area contributed by atoms with E-state index in [2.05, 4.69) is 35.4 Å². The Morgan fingerprint density at radius 3 is 2.67 bits per heavy atom. The highest BCUT2D eigenvalue weighted by Crippen LogP contribution is 2.39. The number of benzene rings is 2. The maximum Gasteiger partial charge on any atom is 0.262 e. The van der Waals surface area contributed by atoms with Crippen molar-refractivity contribution in [1.82, 2.24) is 15.1 Å². The van der Waals surface area contributed by atoms with Crippen LogP contribution in [0.25, 0.3) is 0 Å². The normalized spacial score (nSPS) is 17.4. The van der Waals surface area contributed by atoms with E-state index in [1.54, 1.807) is 6.07 Å². The van der Waals surface area contributed by atoms with Gasteiger partial charge in [0.2, 0.25) is 5.91 Å². The average molecular weight is 665 g/mol. The fourth-order valence-corrected chi connectivity index (χ4v) is 7.35. The average Bonchev–Trinajstić information content (AvgIpc) is 3.59. The van der Waals surface area contributed by atoms with Gasteiger partial charge in [-0.1, -0.05) is 50.8 Å². The summed E-state index contributed by atoms with van der Waals surface area (Å²) in [6.07, 6.45) is 11.3. The number of fused-ring (bicyclic) bond motifs is 1. The van der Waals surface area contributed by atoms with Crippen LogP contribution in [0.4, 0.5) is 5.69 Å². The van der Waals surface area contributed by atoms with Crippen LogP contribution >= 0.6 is 0 Å². The van der Waals surface area contributed by atoms with E-state index in [9.17, 15) is 19.8 Å². The molecule has 2 heterocycles. The van der Waals surface area contributed by atoms with Crippen molar-refractivity contribution in [3.05, 3.63) is 47.0 Å². The summed E-state index contributed by atoms with van der Waals surface area (Å²) in [5, 5.41) is 26.8. The highest BCUT2D eigenvalue weighted by Gasteiger charge is 2.35. The number of carbonyl (C=O) groups excluding carboxylic acids is 2. The van der Waals surface area contributed by atoms with Crippen LogP contribution in [-0.2, 0) is 27.2 Å². The quantitative estimate of drug-likeness (QED) is 0.117. The van der Waals surface area contributed by atoms with Gasteiger partial charge in [0.05, 0.1) is 13.0 Å². The Kier molecular flexibility index (Phi) is 13.4. The molecule has 1 saturated carbocycles. The maximum atomic E-state index is 13.3. The van der Waals surface area contributed by atoms with Crippen LogP contribution in [0.1, 0.15) is 94.2 Å². The lowest BCUT2D eigenvalue weighted by Gasteiger charge is -2.43. The van der Waals surface area contributed by atoms with Gasteiger partial charge in [-0.2, -0.15) is 0 Å². The number of amides is 2. The number of hydrogen-bond donors (Lipinski definition) is 4. The van der Waals surface area contributed by atoms with E-state index in [-0.39, 0.29) is 30.2 Å². The van der Waals surface area contributed by atoms with Crippen LogP contribution in [0.15, 0.2) is 30.3 Å². The third-order valence-corrected chi connectivity index (χ3v) is 10.3. The Bertz CT molecular complexity index is 1360. The summed E-state index contributed by atoms with van der Waals surface area (Å²) in [6, 6.07) is 10.3. The molecule has 264 valence electrons. The predicted molar refractivity (Wildman–Crippen MR) is 188 cm³/mol. The largest absolute Gasteiger partial charge is 0.508 e. The number of anilines is 1. The monoisotopic (exact) mass is 664 g/mol. The molecule has 48 heavy (non-hydrogen) atoms. The number of phenols is 2. The molecule has 4 N–H and O–H groups in total. The first-order chi connectivity index (χ1) is 23.3. The van der Waals surface area contributed by atoms with Crippen LogP contribution in [0, 0.1) is 0 Å². The number of phenolic OH excluding ortho intramolecular Hbond substituents is 2. The Morgan fingerprint density at radius 1 is 1.08 bits per heavy atom. The van der Waals surface area contributed by atoms with Gasteiger partial charge in [-0.3, -0.25) is 14.5 Å². The van der Waals surface area contributed by atoms with Gasteiger partial charge in [-0.05, 0) is 80.8 Å². The number of carbonyl (C=O) groups is 2. The van der Waals surface area contributed by atoms with Crippen molar-refractivity contribution in [2.24, 2.45) is 0 Å². The molecular weight excluding hydrogens is 608 g/mol. The molecule has 5 rings (SSSR count). The Labute approximate surface area is 286 Å². The van der Waals surface area contributed by atoms with E-state index in [4.69, 9.17) is 9.47 Å². The van der Waals surface area contributed by atoms with Crippen LogP contribution in [0.2, 0.25) is 0 Å². The van der Waals surface area contributed by atoms with Crippen molar-refractivity contribution in [3.63, 3.8) is 0 Å². The summed E-state index contributed by atoms with van der Waals surface area (Å²) in [5.41, 5.74) is 3.56. The molecule has 0 radical (unpaired) electrons. The lowest BCUT2D eigenvalue weighted by Crippen LogP contribution is -2.49. The number of likely N-dealkylation sites (tertiary alicyclic amines) is 1. The van der Waals surface area contributed by atoms with Crippen molar-refractivity contribution >= 4 is 17.5 Å². The molecule has 2 aromatic rings. The second kappa shape index (κ2) is 17.9. The number of aryl methyl sites for hydroxylation is 1. The second-order valence-electron chi connectivity index (χ2n) is 13.8. The second-order valence-corrected chi connectivity index (χ2v) is 13.8. The van der Waals surface area contributed by atoms with Gasteiger partial charge in [0.1, 0.15) is 17.2 Å². The zero-order valence-electron chi connectivity index (χ0n) is 29.0. The minimum Gasteiger partial charge on any atom is -0.508 e. The fourth-order valence-electron chi connectivity index (χ4n) is 7.35. The minimum atomic E-state index is -0.280. The van der Waals surface area contributed by atoms with Crippen molar-refractivity contribution in [2.45, 2.75) is 102 Å². The zero-order chi connectivity index (χ0) is 33.9. The standard InChI is InChI=1S/C38H56N4O6/c1-3-4-8-27(2)42(20-19-39-18-16-29-13-15-34(44)37-38(29)48-26-35(45)40-37)36(46)17-22-47-21-7-9-28-12-14-33(43)32(23-28)30-24-41(25-30)31-10-5-6-11-31/h12-15,23,27,30-31,39,43-44H,3-11,16-22,24-26H2,1-2H3,(H,40,45). The lowest BCUT2D eigenvalue weighted by molar-refractivity contribution is -0.134. The molecule has 2 fully saturated rings. The molecule has 0 aromatic heterocycles. The first-order valence-electron chi connectivity index (χ1n) is 18.2. The number of nitrogens with zero attached hydrogens (tertiary/aromatic N) is 2. The molecule has 0 bridgehead atoms. The smallest absolute Gasteiger partial charge is 0.262 e. The maximum absolute atomic E-state index is 13.3.